The highest BCUT2D eigenvalue weighted by Crippen LogP contribution is 2.28. The molecule has 144 valence electrons. The van der Waals surface area contributed by atoms with Crippen molar-refractivity contribution in [2.24, 2.45) is 5.92 Å². The highest BCUT2D eigenvalue weighted by atomic mass is 16.6. The number of hydrogen-bond donors (Lipinski definition) is 0. The van der Waals surface area contributed by atoms with Crippen LogP contribution >= 0.6 is 0 Å². The van der Waals surface area contributed by atoms with E-state index in [0.717, 1.165) is 32.1 Å². The number of esters is 1. The number of hydrogen-bond acceptors (Lipinski definition) is 5. The van der Waals surface area contributed by atoms with Gasteiger partial charge < -0.3 is 9.47 Å². The molecule has 0 aromatic rings. The molecular weight excluding hydrogens is 322 g/mol. The quantitative estimate of drug-likeness (QED) is 0.672. The van der Waals surface area contributed by atoms with Crippen LogP contribution in [0.4, 0.5) is 4.79 Å². The third kappa shape index (κ3) is 7.45. The summed E-state index contributed by atoms with van der Waals surface area (Å²) < 4.78 is 10.2. The molecule has 2 amide bonds. The minimum Gasteiger partial charge on any atom is -0.469 e. The Kier molecular flexibility index (Phi) is 8.39. The molecule has 6 nitrogen and oxygen atoms in total. The summed E-state index contributed by atoms with van der Waals surface area (Å²) in [5.41, 5.74) is -0.650. The number of amides is 2. The van der Waals surface area contributed by atoms with Gasteiger partial charge in [-0.2, -0.15) is 0 Å². The Labute approximate surface area is 151 Å². The number of imide groups is 1. The summed E-state index contributed by atoms with van der Waals surface area (Å²) >= 11 is 0. The van der Waals surface area contributed by atoms with Gasteiger partial charge in [-0.25, -0.2) is 9.69 Å². The predicted octanol–water partition coefficient (Wildman–Crippen LogP) is 4.06. The maximum atomic E-state index is 12.6. The molecule has 0 spiro atoms. The smallest absolute Gasteiger partial charge is 0.417 e. The van der Waals surface area contributed by atoms with Crippen molar-refractivity contribution in [2.75, 3.05) is 7.11 Å². The molecular formula is C19H33NO5. The van der Waals surface area contributed by atoms with Crippen LogP contribution in [-0.2, 0) is 19.1 Å². The Bertz CT molecular complexity index is 469. The van der Waals surface area contributed by atoms with E-state index in [0.29, 0.717) is 19.3 Å². The van der Waals surface area contributed by atoms with Crippen LogP contribution < -0.4 is 0 Å². The lowest BCUT2D eigenvalue weighted by atomic mass is 9.90. The number of likely N-dealkylation sites (tertiary alicyclic amines) is 1. The van der Waals surface area contributed by atoms with Gasteiger partial charge in [0.15, 0.2) is 0 Å². The first kappa shape index (κ1) is 21.5. The van der Waals surface area contributed by atoms with E-state index in [1.54, 1.807) is 20.8 Å². The van der Waals surface area contributed by atoms with E-state index < -0.39 is 11.7 Å². The fourth-order valence-electron chi connectivity index (χ4n) is 3.31. The topological polar surface area (TPSA) is 72.9 Å². The predicted molar refractivity (Wildman–Crippen MR) is 95.0 cm³/mol. The highest BCUT2D eigenvalue weighted by molar-refractivity contribution is 5.92. The zero-order valence-electron chi connectivity index (χ0n) is 16.3. The van der Waals surface area contributed by atoms with Gasteiger partial charge in [-0.3, -0.25) is 9.59 Å². The van der Waals surface area contributed by atoms with Crippen LogP contribution in [0.1, 0.15) is 79.1 Å². The van der Waals surface area contributed by atoms with Crippen molar-refractivity contribution in [1.82, 2.24) is 4.90 Å². The van der Waals surface area contributed by atoms with Crippen molar-refractivity contribution in [3.05, 3.63) is 0 Å². The van der Waals surface area contributed by atoms with E-state index in [9.17, 15) is 14.4 Å². The van der Waals surface area contributed by atoms with Crippen molar-refractivity contribution in [1.29, 1.82) is 0 Å². The number of carbonyl (C=O) groups is 3. The molecule has 1 heterocycles. The minimum absolute atomic E-state index is 0.0956. The van der Waals surface area contributed by atoms with Crippen molar-refractivity contribution in [3.63, 3.8) is 0 Å². The normalized spacial score (nSPS) is 20.0. The molecule has 1 aliphatic heterocycles. The Morgan fingerprint density at radius 2 is 1.96 bits per heavy atom. The lowest BCUT2D eigenvalue weighted by Gasteiger charge is -2.32. The summed E-state index contributed by atoms with van der Waals surface area (Å²) in [4.78, 5) is 38.1. The SMILES string of the molecule is CCCC(CC(=O)OC)CC1CCCCC(=O)N1C(=O)OC(C)(C)C. The fraction of sp³-hybridized carbons (Fsp3) is 0.842. The number of rotatable bonds is 6. The second-order valence-electron chi connectivity index (χ2n) is 7.81. The molecule has 0 saturated carbocycles. The van der Waals surface area contributed by atoms with Gasteiger partial charge in [0.1, 0.15) is 5.60 Å². The fourth-order valence-corrected chi connectivity index (χ4v) is 3.31. The van der Waals surface area contributed by atoms with Gasteiger partial charge in [-0.05, 0) is 46.0 Å². The number of nitrogens with zero attached hydrogens (tertiary/aromatic N) is 1. The molecule has 2 atom stereocenters. The lowest BCUT2D eigenvalue weighted by molar-refractivity contribution is -0.141. The molecule has 0 bridgehead atoms. The highest BCUT2D eigenvalue weighted by Gasteiger charge is 2.36. The average molecular weight is 355 g/mol. The molecule has 1 aliphatic rings. The van der Waals surface area contributed by atoms with Crippen LogP contribution in [0.2, 0.25) is 0 Å². The summed E-state index contributed by atoms with van der Waals surface area (Å²) in [5, 5.41) is 0. The maximum Gasteiger partial charge on any atom is 0.417 e. The average Bonchev–Trinajstić information content (AvgIpc) is 2.67. The van der Waals surface area contributed by atoms with Gasteiger partial charge in [0.2, 0.25) is 5.91 Å². The van der Waals surface area contributed by atoms with E-state index in [2.05, 4.69) is 6.92 Å². The number of methoxy groups -OCH3 is 1. The van der Waals surface area contributed by atoms with Crippen LogP contribution in [0.25, 0.3) is 0 Å². The van der Waals surface area contributed by atoms with Gasteiger partial charge in [0.05, 0.1) is 7.11 Å². The summed E-state index contributed by atoms with van der Waals surface area (Å²) in [7, 11) is 1.38. The van der Waals surface area contributed by atoms with Gasteiger partial charge in [-0.15, -0.1) is 0 Å². The second-order valence-corrected chi connectivity index (χ2v) is 7.81. The Morgan fingerprint density at radius 3 is 2.52 bits per heavy atom. The third-order valence-corrected chi connectivity index (χ3v) is 4.39. The third-order valence-electron chi connectivity index (χ3n) is 4.39. The van der Waals surface area contributed by atoms with E-state index in [-0.39, 0.29) is 23.8 Å². The molecule has 2 unspecified atom stereocenters. The molecule has 1 saturated heterocycles. The summed E-state index contributed by atoms with van der Waals surface area (Å²) in [6, 6.07) is -0.217. The molecule has 0 N–H and O–H groups in total. The standard InChI is InChI=1S/C19H33NO5/c1-6-9-14(13-17(22)24-5)12-15-10-7-8-11-16(21)20(15)18(23)25-19(2,3)4/h14-15H,6-13H2,1-5H3. The minimum atomic E-state index is -0.650. The van der Waals surface area contributed by atoms with Crippen molar-refractivity contribution in [2.45, 2.75) is 90.7 Å². The van der Waals surface area contributed by atoms with Crippen LogP contribution in [0, 0.1) is 5.92 Å². The van der Waals surface area contributed by atoms with Crippen molar-refractivity contribution >= 4 is 18.0 Å². The molecule has 0 aromatic heterocycles. The van der Waals surface area contributed by atoms with Crippen LogP contribution in [0.3, 0.4) is 0 Å². The van der Waals surface area contributed by atoms with E-state index >= 15 is 0 Å². The maximum absolute atomic E-state index is 12.6. The van der Waals surface area contributed by atoms with Crippen LogP contribution in [-0.4, -0.2) is 41.6 Å². The molecule has 25 heavy (non-hydrogen) atoms. The zero-order valence-corrected chi connectivity index (χ0v) is 16.3. The monoisotopic (exact) mass is 355 g/mol. The first-order chi connectivity index (χ1) is 11.7. The summed E-state index contributed by atoms with van der Waals surface area (Å²) in [6.07, 6.45) is 4.97. The molecule has 0 aliphatic carbocycles. The second kappa shape index (κ2) is 9.78. The molecule has 1 fully saturated rings. The largest absolute Gasteiger partial charge is 0.469 e. The first-order valence-corrected chi connectivity index (χ1v) is 9.29. The van der Waals surface area contributed by atoms with Gasteiger partial charge in [0.25, 0.3) is 0 Å². The molecule has 0 radical (unpaired) electrons. The Hall–Kier alpha value is -1.59. The van der Waals surface area contributed by atoms with Crippen LogP contribution in [0.15, 0.2) is 0 Å². The van der Waals surface area contributed by atoms with Gasteiger partial charge in [-0.1, -0.05) is 26.2 Å². The molecule has 0 aromatic carbocycles. The van der Waals surface area contributed by atoms with Gasteiger partial charge in [0, 0.05) is 18.9 Å². The lowest BCUT2D eigenvalue weighted by Crippen LogP contribution is -2.47. The van der Waals surface area contributed by atoms with Crippen LogP contribution in [0.5, 0.6) is 0 Å². The van der Waals surface area contributed by atoms with Crippen molar-refractivity contribution in [3.8, 4) is 0 Å². The number of ether oxygens (including phenoxy) is 2. The summed E-state index contributed by atoms with van der Waals surface area (Å²) in [5.74, 6) is -0.328. The first-order valence-electron chi connectivity index (χ1n) is 9.29. The number of carbonyl (C=O) groups excluding carboxylic acids is 3. The molecule has 1 rings (SSSR count). The Balaban J connectivity index is 2.93. The van der Waals surface area contributed by atoms with E-state index in [4.69, 9.17) is 9.47 Å². The zero-order chi connectivity index (χ0) is 19.0. The van der Waals surface area contributed by atoms with Gasteiger partial charge >= 0.3 is 12.1 Å². The molecule has 6 heteroatoms. The van der Waals surface area contributed by atoms with E-state index in [1.807, 2.05) is 0 Å². The Morgan fingerprint density at radius 1 is 1.28 bits per heavy atom. The van der Waals surface area contributed by atoms with Crippen molar-refractivity contribution < 1.29 is 23.9 Å². The summed E-state index contributed by atoms with van der Waals surface area (Å²) in [6.45, 7) is 7.44. The van der Waals surface area contributed by atoms with E-state index in [1.165, 1.54) is 12.0 Å².